The minimum absolute atomic E-state index is 0. The highest BCUT2D eigenvalue weighted by Crippen LogP contribution is 2.33. The Kier molecular flexibility index (Phi) is 7.84. The highest BCUT2D eigenvalue weighted by Gasteiger charge is 2.35. The first-order valence-corrected chi connectivity index (χ1v) is 9.34. The highest BCUT2D eigenvalue weighted by atomic mass is 127. The Morgan fingerprint density at radius 2 is 2.11 bits per heavy atom. The van der Waals surface area contributed by atoms with Gasteiger partial charge in [-0.3, -0.25) is 9.39 Å². The molecular weight excluding hydrogens is 455 g/mol. The van der Waals surface area contributed by atoms with E-state index in [0.717, 1.165) is 37.0 Å². The lowest BCUT2D eigenvalue weighted by Crippen LogP contribution is -2.47. The summed E-state index contributed by atoms with van der Waals surface area (Å²) in [4.78, 5) is 4.34. The smallest absolute Gasteiger partial charge is 0.191 e. The summed E-state index contributed by atoms with van der Waals surface area (Å²) >= 11 is 0. The minimum atomic E-state index is 0. The number of hydrogen-bond acceptors (Lipinski definition) is 4. The minimum Gasteiger partial charge on any atom is -0.377 e. The molecule has 1 saturated heterocycles. The zero-order chi connectivity index (χ0) is 18.6. The maximum absolute atomic E-state index is 6.07. The fourth-order valence-electron chi connectivity index (χ4n) is 3.63. The van der Waals surface area contributed by atoms with Crippen LogP contribution in [0.15, 0.2) is 29.4 Å². The van der Waals surface area contributed by atoms with Gasteiger partial charge in [0.2, 0.25) is 0 Å². The van der Waals surface area contributed by atoms with Gasteiger partial charge in [-0.15, -0.1) is 34.2 Å². The number of nitrogens with one attached hydrogen (secondary N) is 2. The van der Waals surface area contributed by atoms with Gasteiger partial charge in [0.1, 0.15) is 0 Å². The number of guanidine groups is 1. The molecule has 0 radical (unpaired) electrons. The number of aromatic nitrogens is 3. The molecule has 0 aromatic carbocycles. The highest BCUT2D eigenvalue weighted by molar-refractivity contribution is 14.0. The second-order valence-electron chi connectivity index (χ2n) is 7.91. The molecule has 2 aromatic heterocycles. The first-order valence-electron chi connectivity index (χ1n) is 9.34. The van der Waals surface area contributed by atoms with Crippen LogP contribution >= 0.6 is 24.0 Å². The van der Waals surface area contributed by atoms with Gasteiger partial charge in [-0.1, -0.05) is 26.8 Å². The van der Waals surface area contributed by atoms with E-state index in [1.807, 2.05) is 28.8 Å². The lowest BCUT2D eigenvalue weighted by molar-refractivity contribution is -0.0835. The molecule has 0 saturated carbocycles. The van der Waals surface area contributed by atoms with Gasteiger partial charge >= 0.3 is 0 Å². The number of fused-ring (bicyclic) bond motifs is 1. The van der Waals surface area contributed by atoms with Crippen molar-refractivity contribution in [3.8, 4) is 0 Å². The third kappa shape index (κ3) is 5.54. The lowest BCUT2D eigenvalue weighted by atomic mass is 9.78. The third-order valence-corrected chi connectivity index (χ3v) is 4.85. The van der Waals surface area contributed by atoms with Gasteiger partial charge in [-0.05, 0) is 30.4 Å². The van der Waals surface area contributed by atoms with E-state index in [1.165, 1.54) is 6.42 Å². The molecular formula is C19H31IN6O. The Bertz CT molecular complexity index is 754. The number of pyridine rings is 1. The average Bonchev–Trinajstić information content (AvgIpc) is 3.05. The summed E-state index contributed by atoms with van der Waals surface area (Å²) in [6, 6.07) is 5.88. The third-order valence-electron chi connectivity index (χ3n) is 4.85. The van der Waals surface area contributed by atoms with E-state index in [1.54, 1.807) is 7.05 Å². The Morgan fingerprint density at radius 1 is 1.30 bits per heavy atom. The van der Waals surface area contributed by atoms with Crippen LogP contribution in [0.3, 0.4) is 0 Å². The van der Waals surface area contributed by atoms with Crippen molar-refractivity contribution in [1.29, 1.82) is 0 Å². The molecule has 1 aliphatic rings. The average molecular weight is 486 g/mol. The molecule has 27 heavy (non-hydrogen) atoms. The summed E-state index contributed by atoms with van der Waals surface area (Å²) in [7, 11) is 1.79. The Hall–Kier alpha value is -1.42. The molecule has 2 atom stereocenters. The van der Waals surface area contributed by atoms with Crippen LogP contribution in [-0.2, 0) is 11.3 Å². The largest absolute Gasteiger partial charge is 0.377 e. The first-order chi connectivity index (χ1) is 12.5. The zero-order valence-corrected chi connectivity index (χ0v) is 18.9. The summed E-state index contributed by atoms with van der Waals surface area (Å²) in [6.07, 6.45) is 4.54. The maximum atomic E-state index is 6.07. The zero-order valence-electron chi connectivity index (χ0n) is 16.6. The second-order valence-corrected chi connectivity index (χ2v) is 7.91. The first kappa shape index (κ1) is 21.9. The summed E-state index contributed by atoms with van der Waals surface area (Å²) in [5.41, 5.74) is 0.990. The molecule has 150 valence electrons. The number of hydrogen-bond donors (Lipinski definition) is 2. The standard InChI is InChI=1S/C19H30N6O.HI/c1-19(2,3)17-14(8-7-11-26-17)12-21-18(20-4)22-13-16-24-23-15-9-5-6-10-25(15)16;/h5-6,9-10,14,17H,7-8,11-13H2,1-4H3,(H2,20,21,22);1H. The topological polar surface area (TPSA) is 75.8 Å². The van der Waals surface area contributed by atoms with Crippen LogP contribution in [0.2, 0.25) is 0 Å². The summed E-state index contributed by atoms with van der Waals surface area (Å²) in [5, 5.41) is 15.2. The van der Waals surface area contributed by atoms with Crippen LogP contribution in [0.25, 0.3) is 5.65 Å². The number of aliphatic imine (C=N–C) groups is 1. The predicted molar refractivity (Wildman–Crippen MR) is 119 cm³/mol. The Morgan fingerprint density at radius 3 is 2.85 bits per heavy atom. The molecule has 7 nitrogen and oxygen atoms in total. The SMILES string of the molecule is CN=C(NCc1nnc2ccccn12)NCC1CCCOC1C(C)(C)C.I. The van der Waals surface area contributed by atoms with Crippen LogP contribution in [0.5, 0.6) is 0 Å². The van der Waals surface area contributed by atoms with E-state index in [4.69, 9.17) is 4.74 Å². The molecule has 0 bridgehead atoms. The van der Waals surface area contributed by atoms with E-state index in [9.17, 15) is 0 Å². The fraction of sp³-hybridized carbons (Fsp3) is 0.632. The number of halogens is 1. The van der Waals surface area contributed by atoms with Crippen molar-refractivity contribution >= 4 is 35.6 Å². The van der Waals surface area contributed by atoms with E-state index >= 15 is 0 Å². The van der Waals surface area contributed by atoms with Gasteiger partial charge in [-0.25, -0.2) is 0 Å². The van der Waals surface area contributed by atoms with Crippen LogP contribution in [-0.4, -0.2) is 46.9 Å². The molecule has 2 aromatic rings. The molecule has 1 aliphatic heterocycles. The number of ether oxygens (including phenoxy) is 1. The normalized spacial score (nSPS) is 21.0. The van der Waals surface area contributed by atoms with Crippen molar-refractivity contribution in [3.05, 3.63) is 30.2 Å². The quantitative estimate of drug-likeness (QED) is 0.395. The van der Waals surface area contributed by atoms with Gasteiger partial charge in [0.05, 0.1) is 12.6 Å². The van der Waals surface area contributed by atoms with Gasteiger partial charge in [-0.2, -0.15) is 0 Å². The van der Waals surface area contributed by atoms with Crippen molar-refractivity contribution in [2.24, 2.45) is 16.3 Å². The van der Waals surface area contributed by atoms with Crippen molar-refractivity contribution in [2.75, 3.05) is 20.2 Å². The summed E-state index contributed by atoms with van der Waals surface area (Å²) in [6.45, 7) is 9.03. The summed E-state index contributed by atoms with van der Waals surface area (Å²) in [5.74, 6) is 2.12. The van der Waals surface area contributed by atoms with Gasteiger partial charge < -0.3 is 15.4 Å². The van der Waals surface area contributed by atoms with E-state index in [-0.39, 0.29) is 35.5 Å². The molecule has 2 N–H and O–H groups in total. The molecule has 3 rings (SSSR count). The molecule has 3 heterocycles. The molecule has 1 fully saturated rings. The van der Waals surface area contributed by atoms with E-state index in [2.05, 4.69) is 46.6 Å². The number of nitrogens with zero attached hydrogens (tertiary/aromatic N) is 4. The van der Waals surface area contributed by atoms with Crippen molar-refractivity contribution in [3.63, 3.8) is 0 Å². The maximum Gasteiger partial charge on any atom is 0.191 e. The van der Waals surface area contributed by atoms with Crippen LogP contribution < -0.4 is 10.6 Å². The monoisotopic (exact) mass is 486 g/mol. The van der Waals surface area contributed by atoms with Crippen molar-refractivity contribution in [1.82, 2.24) is 25.2 Å². The Balaban J connectivity index is 0.00000261. The second kappa shape index (κ2) is 9.68. The van der Waals surface area contributed by atoms with Gasteiger partial charge in [0, 0.05) is 32.3 Å². The predicted octanol–water partition coefficient (Wildman–Crippen LogP) is 2.85. The van der Waals surface area contributed by atoms with Crippen molar-refractivity contribution in [2.45, 2.75) is 46.3 Å². The fourth-order valence-corrected chi connectivity index (χ4v) is 3.63. The van der Waals surface area contributed by atoms with Crippen LogP contribution in [0, 0.1) is 11.3 Å². The van der Waals surface area contributed by atoms with E-state index in [0.29, 0.717) is 12.5 Å². The summed E-state index contributed by atoms with van der Waals surface area (Å²) < 4.78 is 8.04. The Labute approximate surface area is 178 Å². The van der Waals surface area contributed by atoms with Crippen molar-refractivity contribution < 1.29 is 4.74 Å². The van der Waals surface area contributed by atoms with E-state index < -0.39 is 0 Å². The van der Waals surface area contributed by atoms with Gasteiger partial charge in [0.15, 0.2) is 17.4 Å². The van der Waals surface area contributed by atoms with Gasteiger partial charge in [0.25, 0.3) is 0 Å². The number of rotatable bonds is 4. The molecule has 0 aliphatic carbocycles. The molecule has 8 heteroatoms. The lowest BCUT2D eigenvalue weighted by Gasteiger charge is -2.40. The molecule has 2 unspecified atom stereocenters. The molecule has 0 spiro atoms. The van der Waals surface area contributed by atoms with Crippen LogP contribution in [0.1, 0.15) is 39.4 Å². The molecule has 0 amide bonds. The van der Waals surface area contributed by atoms with Crippen LogP contribution in [0.4, 0.5) is 0 Å².